The molecule has 0 aliphatic rings. The third kappa shape index (κ3) is 5.69. The summed E-state index contributed by atoms with van der Waals surface area (Å²) in [7, 11) is -3.74. The van der Waals surface area contributed by atoms with Crippen LogP contribution in [0.5, 0.6) is 0 Å². The molecule has 2 N–H and O–H groups in total. The minimum Gasteiger partial charge on any atom is -0.345 e. The lowest BCUT2D eigenvalue weighted by atomic mass is 9.86. The number of anilines is 1. The van der Waals surface area contributed by atoms with Crippen molar-refractivity contribution in [1.29, 1.82) is 0 Å². The van der Waals surface area contributed by atoms with Gasteiger partial charge in [-0.15, -0.1) is 0 Å². The average Bonchev–Trinajstić information content (AvgIpc) is 2.73. The van der Waals surface area contributed by atoms with E-state index in [1.54, 1.807) is 18.2 Å². The van der Waals surface area contributed by atoms with Gasteiger partial charge in [-0.2, -0.15) is 0 Å². The molecule has 7 heteroatoms. The van der Waals surface area contributed by atoms with Crippen LogP contribution in [0, 0.1) is 0 Å². The molecular weight excluding hydrogens is 444 g/mol. The van der Waals surface area contributed by atoms with Gasteiger partial charge in [0.15, 0.2) is 0 Å². The number of benzene rings is 3. The number of halogens is 1. The molecule has 168 valence electrons. The van der Waals surface area contributed by atoms with Crippen LogP contribution in [-0.4, -0.2) is 14.3 Å². The molecule has 0 spiro atoms. The number of rotatable bonds is 6. The summed E-state index contributed by atoms with van der Waals surface area (Å²) in [6.45, 7) is 8.36. The summed E-state index contributed by atoms with van der Waals surface area (Å²) < 4.78 is 27.5. The molecule has 3 aromatic carbocycles. The number of hydrogen-bond donors (Lipinski definition) is 2. The van der Waals surface area contributed by atoms with Crippen LogP contribution >= 0.6 is 11.6 Å². The van der Waals surface area contributed by atoms with Crippen molar-refractivity contribution in [1.82, 2.24) is 5.32 Å². The van der Waals surface area contributed by atoms with E-state index in [1.165, 1.54) is 35.9 Å². The highest BCUT2D eigenvalue weighted by atomic mass is 35.5. The van der Waals surface area contributed by atoms with Crippen molar-refractivity contribution >= 4 is 33.2 Å². The summed E-state index contributed by atoms with van der Waals surface area (Å²) in [6, 6.07) is 20.4. The van der Waals surface area contributed by atoms with Crippen molar-refractivity contribution in [2.75, 3.05) is 4.72 Å². The molecule has 0 fully saturated rings. The molecule has 32 heavy (non-hydrogen) atoms. The molecule has 1 atom stereocenters. The van der Waals surface area contributed by atoms with Gasteiger partial charge in [0.25, 0.3) is 15.9 Å². The first-order valence-electron chi connectivity index (χ1n) is 10.3. The highest BCUT2D eigenvalue weighted by Gasteiger charge is 2.18. The van der Waals surface area contributed by atoms with Gasteiger partial charge in [0, 0.05) is 0 Å². The topological polar surface area (TPSA) is 75.3 Å². The van der Waals surface area contributed by atoms with Crippen LogP contribution in [0.3, 0.4) is 0 Å². The zero-order valence-electron chi connectivity index (χ0n) is 18.5. The normalized spacial score (nSPS) is 12.8. The van der Waals surface area contributed by atoms with E-state index >= 15 is 0 Å². The van der Waals surface area contributed by atoms with E-state index in [9.17, 15) is 13.2 Å². The largest absolute Gasteiger partial charge is 0.345 e. The molecule has 0 aromatic heterocycles. The second-order valence-electron chi connectivity index (χ2n) is 8.68. The van der Waals surface area contributed by atoms with Gasteiger partial charge in [-0.3, -0.25) is 9.52 Å². The monoisotopic (exact) mass is 470 g/mol. The minimum atomic E-state index is -3.74. The Bertz CT molecular complexity index is 1200. The van der Waals surface area contributed by atoms with E-state index < -0.39 is 10.0 Å². The second-order valence-corrected chi connectivity index (χ2v) is 10.8. The van der Waals surface area contributed by atoms with Crippen LogP contribution < -0.4 is 10.0 Å². The summed E-state index contributed by atoms with van der Waals surface area (Å²) in [5, 5.41) is 3.10. The predicted octanol–water partition coefficient (Wildman–Crippen LogP) is 5.93. The van der Waals surface area contributed by atoms with Gasteiger partial charge < -0.3 is 5.32 Å². The Balaban J connectivity index is 1.71. The molecule has 0 saturated heterocycles. The van der Waals surface area contributed by atoms with E-state index in [-0.39, 0.29) is 38.5 Å². The Morgan fingerprint density at radius 3 is 2.12 bits per heavy atom. The van der Waals surface area contributed by atoms with Crippen LogP contribution in [0.15, 0.2) is 77.7 Å². The van der Waals surface area contributed by atoms with Gasteiger partial charge in [0.2, 0.25) is 0 Å². The first kappa shape index (κ1) is 23.8. The lowest BCUT2D eigenvalue weighted by Gasteiger charge is -2.21. The van der Waals surface area contributed by atoms with Gasteiger partial charge in [-0.1, -0.05) is 74.8 Å². The number of nitrogens with one attached hydrogen (secondary N) is 2. The first-order valence-corrected chi connectivity index (χ1v) is 12.1. The summed E-state index contributed by atoms with van der Waals surface area (Å²) in [6.07, 6.45) is 0. The predicted molar refractivity (Wildman–Crippen MR) is 130 cm³/mol. The molecule has 5 nitrogen and oxygen atoms in total. The van der Waals surface area contributed by atoms with Crippen molar-refractivity contribution < 1.29 is 13.2 Å². The maximum absolute atomic E-state index is 12.8. The van der Waals surface area contributed by atoms with E-state index in [2.05, 4.69) is 42.9 Å². The Hall–Kier alpha value is -2.83. The summed E-state index contributed by atoms with van der Waals surface area (Å²) >= 11 is 6.30. The van der Waals surface area contributed by atoms with Crippen LogP contribution in [0.1, 0.15) is 55.2 Å². The van der Waals surface area contributed by atoms with Crippen molar-refractivity contribution in [2.24, 2.45) is 0 Å². The molecule has 0 heterocycles. The van der Waals surface area contributed by atoms with Gasteiger partial charge in [0.05, 0.1) is 27.2 Å². The maximum atomic E-state index is 12.8. The second kappa shape index (κ2) is 9.35. The van der Waals surface area contributed by atoms with E-state index in [0.717, 1.165) is 5.56 Å². The van der Waals surface area contributed by atoms with E-state index in [0.29, 0.717) is 0 Å². The van der Waals surface area contributed by atoms with Crippen LogP contribution in [0.4, 0.5) is 5.69 Å². The number of amides is 1. The number of carbonyl (C=O) groups excluding carboxylic acids is 1. The SMILES string of the molecule is C[C@H](NC(=O)c1ccc(NS(=O)(=O)c2ccccc2)cc1Cl)c1ccc(C(C)(C)C)cc1. The van der Waals surface area contributed by atoms with Gasteiger partial charge in [0.1, 0.15) is 0 Å². The highest BCUT2D eigenvalue weighted by Crippen LogP contribution is 2.26. The third-order valence-corrected chi connectivity index (χ3v) is 6.85. The molecule has 0 radical (unpaired) electrons. The lowest BCUT2D eigenvalue weighted by Crippen LogP contribution is -2.27. The molecule has 0 aliphatic heterocycles. The maximum Gasteiger partial charge on any atom is 0.261 e. The minimum absolute atomic E-state index is 0.0579. The molecule has 1 amide bonds. The Kier molecular flexibility index (Phi) is 6.96. The Morgan fingerprint density at radius 1 is 0.938 bits per heavy atom. The van der Waals surface area contributed by atoms with E-state index in [4.69, 9.17) is 11.6 Å². The summed E-state index contributed by atoms with van der Waals surface area (Å²) in [5.41, 5.74) is 2.81. The fourth-order valence-corrected chi connectivity index (χ4v) is 4.54. The first-order chi connectivity index (χ1) is 15.0. The number of hydrogen-bond acceptors (Lipinski definition) is 3. The molecule has 3 rings (SSSR count). The number of carbonyl (C=O) groups is 1. The standard InChI is InChI=1S/C25H27ClN2O3S/c1-17(18-10-12-19(13-11-18)25(2,3)4)27-24(29)22-15-14-20(16-23(22)26)28-32(30,31)21-8-6-5-7-9-21/h5-17,28H,1-4H3,(H,27,29)/t17-/m0/s1. The molecule has 0 saturated carbocycles. The van der Waals surface area contributed by atoms with Crippen LogP contribution in [-0.2, 0) is 15.4 Å². The molecule has 0 bridgehead atoms. The van der Waals surface area contributed by atoms with Crippen molar-refractivity contribution in [3.63, 3.8) is 0 Å². The summed E-state index contributed by atoms with van der Waals surface area (Å²) in [5.74, 6) is -0.333. The lowest BCUT2D eigenvalue weighted by molar-refractivity contribution is 0.0940. The van der Waals surface area contributed by atoms with Gasteiger partial charge in [-0.25, -0.2) is 8.42 Å². The van der Waals surface area contributed by atoms with E-state index in [1.807, 2.05) is 19.1 Å². The zero-order chi connectivity index (χ0) is 23.5. The van der Waals surface area contributed by atoms with Gasteiger partial charge >= 0.3 is 0 Å². The van der Waals surface area contributed by atoms with Gasteiger partial charge in [-0.05, 0) is 53.8 Å². The zero-order valence-corrected chi connectivity index (χ0v) is 20.1. The van der Waals surface area contributed by atoms with Crippen molar-refractivity contribution in [3.05, 3.63) is 94.5 Å². The smallest absolute Gasteiger partial charge is 0.261 e. The van der Waals surface area contributed by atoms with Crippen molar-refractivity contribution in [2.45, 2.75) is 44.0 Å². The molecule has 0 unspecified atom stereocenters. The van der Waals surface area contributed by atoms with Crippen LogP contribution in [0.2, 0.25) is 5.02 Å². The van der Waals surface area contributed by atoms with Crippen molar-refractivity contribution in [3.8, 4) is 0 Å². The summed E-state index contributed by atoms with van der Waals surface area (Å²) in [4.78, 5) is 12.9. The fourth-order valence-electron chi connectivity index (χ4n) is 3.21. The molecular formula is C25H27ClN2O3S. The third-order valence-electron chi connectivity index (χ3n) is 5.14. The average molecular weight is 471 g/mol. The fraction of sp³-hybridized carbons (Fsp3) is 0.240. The molecule has 3 aromatic rings. The quantitative estimate of drug-likeness (QED) is 0.468. The highest BCUT2D eigenvalue weighted by molar-refractivity contribution is 7.92. The Morgan fingerprint density at radius 2 is 1.56 bits per heavy atom. The number of sulfonamides is 1. The molecule has 0 aliphatic carbocycles. The Labute approximate surface area is 194 Å². The van der Waals surface area contributed by atoms with Crippen LogP contribution in [0.25, 0.3) is 0 Å².